The van der Waals surface area contributed by atoms with Gasteiger partial charge in [-0.15, -0.1) is 41.3 Å². The van der Waals surface area contributed by atoms with Gasteiger partial charge in [0.25, 0.3) is 0 Å². The molecular formula is C8H5ClNY-. The molecule has 2 aromatic rings. The Morgan fingerprint density at radius 1 is 1.27 bits per heavy atom. The van der Waals surface area contributed by atoms with Crippen molar-refractivity contribution >= 4 is 22.5 Å². The molecule has 0 aliphatic rings. The van der Waals surface area contributed by atoms with Crippen LogP contribution in [0.25, 0.3) is 10.9 Å². The van der Waals surface area contributed by atoms with Crippen LogP contribution in [0.3, 0.4) is 0 Å². The summed E-state index contributed by atoms with van der Waals surface area (Å²) >= 11 is 5.71. The molecule has 11 heavy (non-hydrogen) atoms. The van der Waals surface area contributed by atoms with E-state index < -0.39 is 0 Å². The van der Waals surface area contributed by atoms with Gasteiger partial charge in [0, 0.05) is 32.7 Å². The van der Waals surface area contributed by atoms with Gasteiger partial charge in [-0.3, -0.25) is 0 Å². The first kappa shape index (κ1) is 9.24. The van der Waals surface area contributed by atoms with Gasteiger partial charge < -0.3 is 4.98 Å². The third-order valence-electron chi connectivity index (χ3n) is 1.43. The molecule has 1 nitrogen and oxygen atoms in total. The number of benzene rings is 1. The molecule has 1 aromatic carbocycles. The molecule has 1 aromatic heterocycles. The van der Waals surface area contributed by atoms with E-state index in [0.29, 0.717) is 5.02 Å². The van der Waals surface area contributed by atoms with Gasteiger partial charge in [-0.2, -0.15) is 0 Å². The van der Waals surface area contributed by atoms with Crippen LogP contribution >= 0.6 is 11.6 Å². The minimum absolute atomic E-state index is 0. The van der Waals surface area contributed by atoms with Crippen LogP contribution in [0.2, 0.25) is 5.02 Å². The fourth-order valence-corrected chi connectivity index (χ4v) is 1.12. The number of aromatic amines is 1. The summed E-state index contributed by atoms with van der Waals surface area (Å²) in [5, 5.41) is 1.69. The van der Waals surface area contributed by atoms with Crippen molar-refractivity contribution in [3.63, 3.8) is 0 Å². The Labute approximate surface area is 95.0 Å². The van der Waals surface area contributed by atoms with Gasteiger partial charge >= 0.3 is 0 Å². The molecule has 1 radical (unpaired) electrons. The fourth-order valence-electron chi connectivity index (χ4n) is 0.956. The first-order valence-corrected chi connectivity index (χ1v) is 3.39. The topological polar surface area (TPSA) is 15.8 Å². The van der Waals surface area contributed by atoms with E-state index in [1.807, 2.05) is 24.4 Å². The maximum absolute atomic E-state index is 5.71. The Bertz CT molecular complexity index is 356. The standard InChI is InChI=1S/C8H5ClN.Y/c9-7-1-2-8-6(5-7)3-4-10-8;/h1-4,10H;/q-1;. The Balaban J connectivity index is 0.000000605. The molecule has 0 saturated heterocycles. The number of H-pyrrole nitrogens is 1. The molecule has 0 fully saturated rings. The first-order valence-electron chi connectivity index (χ1n) is 3.01. The Morgan fingerprint density at radius 2 is 2.09 bits per heavy atom. The molecule has 0 bridgehead atoms. The Kier molecular flexibility index (Phi) is 3.11. The molecule has 1 heterocycles. The van der Waals surface area contributed by atoms with E-state index in [2.05, 4.69) is 11.1 Å². The van der Waals surface area contributed by atoms with Gasteiger partial charge in [0.15, 0.2) is 0 Å². The van der Waals surface area contributed by atoms with Crippen molar-refractivity contribution < 1.29 is 32.7 Å². The van der Waals surface area contributed by atoms with Gasteiger partial charge in [-0.25, -0.2) is 0 Å². The van der Waals surface area contributed by atoms with E-state index in [1.54, 1.807) is 0 Å². The monoisotopic (exact) mass is 239 g/mol. The quantitative estimate of drug-likeness (QED) is 0.680. The number of rotatable bonds is 0. The van der Waals surface area contributed by atoms with Crippen LogP contribution in [-0.2, 0) is 32.7 Å². The van der Waals surface area contributed by atoms with E-state index >= 15 is 0 Å². The SMILES string of the molecule is Clc1[c-]c2cc[nH]c2cc1.[Y]. The van der Waals surface area contributed by atoms with Crippen molar-refractivity contribution in [1.29, 1.82) is 0 Å². The molecule has 0 unspecified atom stereocenters. The predicted molar refractivity (Wildman–Crippen MR) is 42.1 cm³/mol. The van der Waals surface area contributed by atoms with Crippen molar-refractivity contribution in [3.8, 4) is 0 Å². The molecule has 53 valence electrons. The number of aromatic nitrogens is 1. The average molecular weight is 239 g/mol. The minimum atomic E-state index is 0. The van der Waals surface area contributed by atoms with Crippen LogP contribution in [0.1, 0.15) is 0 Å². The number of hydrogen-bond donors (Lipinski definition) is 1. The van der Waals surface area contributed by atoms with Gasteiger partial charge in [0.05, 0.1) is 0 Å². The molecular weight excluding hydrogens is 234 g/mol. The van der Waals surface area contributed by atoms with Gasteiger partial charge in [0.1, 0.15) is 0 Å². The van der Waals surface area contributed by atoms with Crippen LogP contribution in [0.5, 0.6) is 0 Å². The van der Waals surface area contributed by atoms with Gasteiger partial charge in [0.2, 0.25) is 0 Å². The van der Waals surface area contributed by atoms with Crippen molar-refractivity contribution in [2.45, 2.75) is 0 Å². The van der Waals surface area contributed by atoms with Crippen LogP contribution in [0, 0.1) is 6.07 Å². The molecule has 2 rings (SSSR count). The zero-order valence-corrected chi connectivity index (χ0v) is 9.36. The molecule has 0 aliphatic heterocycles. The Morgan fingerprint density at radius 3 is 2.91 bits per heavy atom. The largest absolute Gasteiger partial charge is 0.409 e. The molecule has 0 spiro atoms. The molecule has 0 saturated carbocycles. The Hall–Kier alpha value is 0.154. The third-order valence-corrected chi connectivity index (χ3v) is 1.65. The van der Waals surface area contributed by atoms with E-state index in [-0.39, 0.29) is 32.7 Å². The minimum Gasteiger partial charge on any atom is -0.409 e. The van der Waals surface area contributed by atoms with Crippen molar-refractivity contribution in [2.24, 2.45) is 0 Å². The van der Waals surface area contributed by atoms with Gasteiger partial charge in [-0.05, 0) is 16.7 Å². The summed E-state index contributed by atoms with van der Waals surface area (Å²) in [6.45, 7) is 0. The summed E-state index contributed by atoms with van der Waals surface area (Å²) in [5.41, 5.74) is 1.07. The zero-order valence-electron chi connectivity index (χ0n) is 5.76. The van der Waals surface area contributed by atoms with Crippen molar-refractivity contribution in [2.75, 3.05) is 0 Å². The normalized spacial score (nSPS) is 9.55. The van der Waals surface area contributed by atoms with Crippen LogP contribution in [0.4, 0.5) is 0 Å². The maximum atomic E-state index is 5.71. The second-order valence-corrected chi connectivity index (χ2v) is 2.52. The van der Waals surface area contributed by atoms with E-state index in [0.717, 1.165) is 10.9 Å². The summed E-state index contributed by atoms with van der Waals surface area (Å²) < 4.78 is 0. The summed E-state index contributed by atoms with van der Waals surface area (Å²) in [6, 6.07) is 8.71. The fraction of sp³-hybridized carbons (Fsp3) is 0. The second kappa shape index (κ2) is 3.71. The molecule has 0 aliphatic carbocycles. The smallest absolute Gasteiger partial charge is 0 e. The molecule has 1 N–H and O–H groups in total. The van der Waals surface area contributed by atoms with E-state index in [9.17, 15) is 0 Å². The summed E-state index contributed by atoms with van der Waals surface area (Å²) in [6.07, 6.45) is 1.87. The van der Waals surface area contributed by atoms with E-state index in [1.165, 1.54) is 0 Å². The molecule has 0 amide bonds. The van der Waals surface area contributed by atoms with Crippen LogP contribution in [-0.4, -0.2) is 4.98 Å². The second-order valence-electron chi connectivity index (χ2n) is 2.11. The number of fused-ring (bicyclic) bond motifs is 1. The number of nitrogens with one attached hydrogen (secondary N) is 1. The van der Waals surface area contributed by atoms with Crippen LogP contribution < -0.4 is 0 Å². The van der Waals surface area contributed by atoms with Crippen molar-refractivity contribution in [3.05, 3.63) is 35.5 Å². The third kappa shape index (κ3) is 1.84. The molecule has 0 atom stereocenters. The first-order chi connectivity index (χ1) is 4.86. The van der Waals surface area contributed by atoms with Crippen molar-refractivity contribution in [1.82, 2.24) is 4.98 Å². The number of hydrogen-bond acceptors (Lipinski definition) is 0. The van der Waals surface area contributed by atoms with Gasteiger partial charge in [-0.1, -0.05) is 0 Å². The maximum Gasteiger partial charge on any atom is 0 e. The molecule has 3 heteroatoms. The van der Waals surface area contributed by atoms with E-state index in [4.69, 9.17) is 11.6 Å². The summed E-state index contributed by atoms with van der Waals surface area (Å²) in [7, 11) is 0. The summed E-state index contributed by atoms with van der Waals surface area (Å²) in [4.78, 5) is 3.06. The average Bonchev–Trinajstić information content (AvgIpc) is 2.33. The number of halogens is 1. The van der Waals surface area contributed by atoms with Crippen LogP contribution in [0.15, 0.2) is 24.4 Å². The predicted octanol–water partition coefficient (Wildman–Crippen LogP) is 2.62. The zero-order chi connectivity index (χ0) is 6.97. The summed E-state index contributed by atoms with van der Waals surface area (Å²) in [5.74, 6) is 0.